The zero-order chi connectivity index (χ0) is 16.3. The molecule has 2 rings (SSSR count). The smallest absolute Gasteiger partial charge is 0.326 e. The molecule has 0 spiro atoms. The number of rotatable bonds is 2. The Bertz CT molecular complexity index is 753. The highest BCUT2D eigenvalue weighted by atomic mass is 35.5. The number of carbonyl (C=O) groups is 2. The molecule has 0 aliphatic rings. The van der Waals surface area contributed by atoms with E-state index in [1.54, 1.807) is 12.1 Å². The van der Waals surface area contributed by atoms with E-state index in [0.717, 1.165) is 12.1 Å². The summed E-state index contributed by atoms with van der Waals surface area (Å²) in [5.74, 6) is -2.61. The van der Waals surface area contributed by atoms with Crippen molar-refractivity contribution < 1.29 is 18.4 Å². The minimum atomic E-state index is -1.05. The van der Waals surface area contributed by atoms with Crippen LogP contribution in [0.2, 0.25) is 5.02 Å². The van der Waals surface area contributed by atoms with Crippen LogP contribution in [0.1, 0.15) is 10.4 Å². The second-order valence-electron chi connectivity index (χ2n) is 4.24. The van der Waals surface area contributed by atoms with Crippen molar-refractivity contribution in [3.63, 3.8) is 0 Å². The summed E-state index contributed by atoms with van der Waals surface area (Å²) < 4.78 is 26.8. The molecule has 2 aromatic rings. The van der Waals surface area contributed by atoms with Crippen molar-refractivity contribution in [3.8, 4) is 0 Å². The van der Waals surface area contributed by atoms with E-state index in [1.807, 2.05) is 10.6 Å². The van der Waals surface area contributed by atoms with Crippen LogP contribution in [0.4, 0.5) is 25.0 Å². The molecule has 0 fully saturated rings. The van der Waals surface area contributed by atoms with Gasteiger partial charge in [-0.15, -0.1) is 0 Å². The number of nitrogens with one attached hydrogen (secondary N) is 2. The summed E-state index contributed by atoms with van der Waals surface area (Å²) in [6, 6.07) is 6.52. The highest BCUT2D eigenvalue weighted by molar-refractivity contribution is 6.34. The molecule has 0 heterocycles. The molecule has 0 aromatic heterocycles. The average molecular weight is 326 g/mol. The van der Waals surface area contributed by atoms with Crippen molar-refractivity contribution in [1.82, 2.24) is 5.32 Å². The van der Waals surface area contributed by atoms with Crippen molar-refractivity contribution in [3.05, 3.63) is 58.6 Å². The van der Waals surface area contributed by atoms with E-state index >= 15 is 0 Å². The molecule has 0 aliphatic carbocycles. The van der Waals surface area contributed by atoms with Crippen LogP contribution in [0.5, 0.6) is 0 Å². The van der Waals surface area contributed by atoms with Crippen LogP contribution < -0.4 is 16.4 Å². The third-order valence-electron chi connectivity index (χ3n) is 2.66. The number of carbonyl (C=O) groups excluding carboxylic acids is 2. The number of nitrogens with two attached hydrogens (primary N) is 1. The fourth-order valence-corrected chi connectivity index (χ4v) is 1.89. The van der Waals surface area contributed by atoms with Gasteiger partial charge in [-0.25, -0.2) is 13.6 Å². The van der Waals surface area contributed by atoms with E-state index in [9.17, 15) is 18.4 Å². The van der Waals surface area contributed by atoms with Crippen molar-refractivity contribution in [2.24, 2.45) is 0 Å². The summed E-state index contributed by atoms with van der Waals surface area (Å²) in [5.41, 5.74) is 4.36. The Morgan fingerprint density at radius 3 is 2.50 bits per heavy atom. The largest absolute Gasteiger partial charge is 0.396 e. The van der Waals surface area contributed by atoms with Gasteiger partial charge in [0.2, 0.25) is 0 Å². The molecule has 0 radical (unpaired) electrons. The van der Waals surface area contributed by atoms with E-state index in [0.29, 0.717) is 0 Å². The molecule has 0 atom stereocenters. The number of halogens is 3. The maximum absolute atomic E-state index is 13.6. The number of amides is 3. The zero-order valence-corrected chi connectivity index (χ0v) is 11.7. The summed E-state index contributed by atoms with van der Waals surface area (Å²) in [7, 11) is 0. The second kappa shape index (κ2) is 6.40. The number of benzene rings is 2. The third-order valence-corrected chi connectivity index (χ3v) is 2.99. The maximum atomic E-state index is 13.6. The Hall–Kier alpha value is -2.67. The van der Waals surface area contributed by atoms with E-state index < -0.39 is 34.9 Å². The molecule has 8 heteroatoms. The van der Waals surface area contributed by atoms with Crippen LogP contribution in [-0.4, -0.2) is 11.9 Å². The van der Waals surface area contributed by atoms with Gasteiger partial charge in [-0.2, -0.15) is 0 Å². The Labute approximate surface area is 129 Å². The normalized spacial score (nSPS) is 10.1. The minimum absolute atomic E-state index is 0.0681. The molecule has 5 nitrogen and oxygen atoms in total. The van der Waals surface area contributed by atoms with Crippen molar-refractivity contribution in [1.29, 1.82) is 0 Å². The number of imide groups is 1. The molecule has 114 valence electrons. The van der Waals surface area contributed by atoms with Gasteiger partial charge in [0, 0.05) is 6.07 Å². The molecular formula is C14H10ClF2N3O2. The highest BCUT2D eigenvalue weighted by Crippen LogP contribution is 2.22. The lowest BCUT2D eigenvalue weighted by molar-refractivity contribution is 0.0967. The number of urea groups is 1. The van der Waals surface area contributed by atoms with Gasteiger partial charge in [0.15, 0.2) is 5.82 Å². The van der Waals surface area contributed by atoms with Crippen LogP contribution in [0, 0.1) is 11.6 Å². The lowest BCUT2D eigenvalue weighted by atomic mass is 10.2. The topological polar surface area (TPSA) is 84.2 Å². The molecular weight excluding hydrogens is 316 g/mol. The standard InChI is InChI=1S/C14H10ClF2N3O2/c15-9-4-2-1-3-8(9)13(21)20-14(22)19-11-6-7(16)5-10(18)12(11)17/h1-6H,18H2,(H2,19,20,21,22). The second-order valence-corrected chi connectivity index (χ2v) is 4.65. The molecule has 3 amide bonds. The van der Waals surface area contributed by atoms with E-state index in [-0.39, 0.29) is 10.6 Å². The summed E-state index contributed by atoms with van der Waals surface area (Å²) in [5, 5.41) is 4.10. The SMILES string of the molecule is Nc1cc(F)cc(NC(=O)NC(=O)c2ccccc2Cl)c1F. The zero-order valence-electron chi connectivity index (χ0n) is 11.0. The van der Waals surface area contributed by atoms with Gasteiger partial charge in [-0.05, 0) is 18.2 Å². The summed E-state index contributed by atoms with van der Waals surface area (Å²) in [4.78, 5) is 23.5. The summed E-state index contributed by atoms with van der Waals surface area (Å²) in [6.07, 6.45) is 0. The summed E-state index contributed by atoms with van der Waals surface area (Å²) >= 11 is 5.81. The number of nitrogen functional groups attached to an aromatic ring is 1. The lowest BCUT2D eigenvalue weighted by Gasteiger charge is -2.09. The van der Waals surface area contributed by atoms with Gasteiger partial charge in [-0.3, -0.25) is 10.1 Å². The molecule has 0 saturated carbocycles. The van der Waals surface area contributed by atoms with Gasteiger partial charge in [0.1, 0.15) is 5.82 Å². The minimum Gasteiger partial charge on any atom is -0.396 e. The number of hydrogen-bond donors (Lipinski definition) is 3. The fourth-order valence-electron chi connectivity index (χ4n) is 1.67. The van der Waals surface area contributed by atoms with E-state index in [4.69, 9.17) is 17.3 Å². The van der Waals surface area contributed by atoms with Crippen LogP contribution in [0.3, 0.4) is 0 Å². The van der Waals surface area contributed by atoms with Gasteiger partial charge >= 0.3 is 6.03 Å². The third kappa shape index (κ3) is 3.50. The highest BCUT2D eigenvalue weighted by Gasteiger charge is 2.16. The first-order chi connectivity index (χ1) is 10.4. The maximum Gasteiger partial charge on any atom is 0.326 e. The predicted octanol–water partition coefficient (Wildman–Crippen LogP) is 3.16. The molecule has 4 N–H and O–H groups in total. The van der Waals surface area contributed by atoms with Gasteiger partial charge < -0.3 is 11.1 Å². The van der Waals surface area contributed by atoms with Crippen LogP contribution in [0.25, 0.3) is 0 Å². The molecule has 0 unspecified atom stereocenters. The Kier molecular flexibility index (Phi) is 4.57. The monoisotopic (exact) mass is 325 g/mol. The first-order valence-electron chi connectivity index (χ1n) is 6.00. The average Bonchev–Trinajstić information content (AvgIpc) is 2.44. The lowest BCUT2D eigenvalue weighted by Crippen LogP contribution is -2.34. The van der Waals surface area contributed by atoms with Crippen molar-refractivity contribution in [2.75, 3.05) is 11.1 Å². The first-order valence-corrected chi connectivity index (χ1v) is 6.37. The molecule has 22 heavy (non-hydrogen) atoms. The van der Waals surface area contributed by atoms with E-state index in [2.05, 4.69) is 0 Å². The molecule has 2 aromatic carbocycles. The summed E-state index contributed by atoms with van der Waals surface area (Å²) in [6.45, 7) is 0. The number of hydrogen-bond acceptors (Lipinski definition) is 3. The quantitative estimate of drug-likeness (QED) is 0.741. The Morgan fingerprint density at radius 1 is 1.14 bits per heavy atom. The molecule has 0 saturated heterocycles. The van der Waals surface area contributed by atoms with Crippen molar-refractivity contribution in [2.45, 2.75) is 0 Å². The van der Waals surface area contributed by atoms with Gasteiger partial charge in [-0.1, -0.05) is 23.7 Å². The van der Waals surface area contributed by atoms with Crippen molar-refractivity contribution >= 4 is 34.9 Å². The predicted molar refractivity (Wildman–Crippen MR) is 78.7 cm³/mol. The van der Waals surface area contributed by atoms with Gasteiger partial charge in [0.05, 0.1) is 22.0 Å². The van der Waals surface area contributed by atoms with Crippen LogP contribution in [-0.2, 0) is 0 Å². The number of anilines is 2. The molecule has 0 bridgehead atoms. The molecule has 0 aliphatic heterocycles. The Morgan fingerprint density at radius 2 is 1.82 bits per heavy atom. The van der Waals surface area contributed by atoms with Crippen LogP contribution >= 0.6 is 11.6 Å². The van der Waals surface area contributed by atoms with Crippen LogP contribution in [0.15, 0.2) is 36.4 Å². The fraction of sp³-hybridized carbons (Fsp3) is 0. The Balaban J connectivity index is 2.11. The first kappa shape index (κ1) is 15.7. The van der Waals surface area contributed by atoms with E-state index in [1.165, 1.54) is 12.1 Å². The van der Waals surface area contributed by atoms with Gasteiger partial charge in [0.25, 0.3) is 5.91 Å².